The molecule has 2 atom stereocenters. The van der Waals surface area contributed by atoms with E-state index in [2.05, 4.69) is 10.4 Å². The third kappa shape index (κ3) is 3.18. The molecule has 3 aliphatic heterocycles. The van der Waals surface area contributed by atoms with Crippen LogP contribution in [-0.2, 0) is 9.67 Å². The van der Waals surface area contributed by atoms with Gasteiger partial charge in [0.15, 0.2) is 0 Å². The van der Waals surface area contributed by atoms with E-state index in [4.69, 9.17) is 4.74 Å². The first-order valence-electron chi connectivity index (χ1n) is 10.1. The zero-order chi connectivity index (χ0) is 20.7. The molecule has 0 bridgehead atoms. The van der Waals surface area contributed by atoms with Gasteiger partial charge in [-0.25, -0.2) is 13.8 Å². The van der Waals surface area contributed by atoms with Crippen LogP contribution in [0.3, 0.4) is 0 Å². The Hall–Kier alpha value is -2.45. The van der Waals surface area contributed by atoms with E-state index in [1.54, 1.807) is 0 Å². The van der Waals surface area contributed by atoms with Crippen molar-refractivity contribution in [2.45, 2.75) is 36.6 Å². The molecule has 1 N–H and O–H groups in total. The molecule has 0 radical (unpaired) electrons. The summed E-state index contributed by atoms with van der Waals surface area (Å²) in [7, 11) is 0. The fraction of sp³-hybridized carbons (Fsp3) is 0.364. The lowest BCUT2D eigenvalue weighted by molar-refractivity contribution is -0.138. The quantitative estimate of drug-likeness (QED) is 0.785. The second-order valence-electron chi connectivity index (χ2n) is 7.66. The second-order valence-corrected chi connectivity index (χ2v) is 8.93. The van der Waals surface area contributed by atoms with Gasteiger partial charge in [-0.15, -0.1) is 0 Å². The highest BCUT2D eigenvalue weighted by atomic mass is 32.2. The van der Waals surface area contributed by atoms with Crippen LogP contribution < -0.4 is 10.1 Å². The van der Waals surface area contributed by atoms with Gasteiger partial charge in [-0.1, -0.05) is 36.4 Å². The van der Waals surface area contributed by atoms with Crippen molar-refractivity contribution in [3.05, 3.63) is 65.2 Å². The Labute approximate surface area is 177 Å². The number of carbonyl (C=O) groups is 1. The molecule has 0 aliphatic carbocycles. The van der Waals surface area contributed by atoms with Crippen LogP contribution >= 0.6 is 11.8 Å². The van der Waals surface area contributed by atoms with Crippen LogP contribution in [0.25, 0.3) is 0 Å². The normalized spacial score (nSPS) is 25.6. The van der Waals surface area contributed by atoms with Crippen molar-refractivity contribution in [1.82, 2.24) is 10.3 Å². The van der Waals surface area contributed by atoms with Crippen molar-refractivity contribution in [2.24, 2.45) is 5.10 Å². The molecule has 30 heavy (non-hydrogen) atoms. The third-order valence-electron chi connectivity index (χ3n) is 5.78. The van der Waals surface area contributed by atoms with Crippen molar-refractivity contribution in [2.75, 3.05) is 13.2 Å². The Balaban J connectivity index is 1.62. The lowest BCUT2D eigenvalue weighted by Crippen LogP contribution is -2.53. The molecule has 0 saturated carbocycles. The van der Waals surface area contributed by atoms with Gasteiger partial charge in [-0.2, -0.15) is 5.10 Å². The fourth-order valence-electron chi connectivity index (χ4n) is 4.28. The summed E-state index contributed by atoms with van der Waals surface area (Å²) in [6, 6.07) is 10.5. The Morgan fingerprint density at radius 3 is 2.93 bits per heavy atom. The zero-order valence-electron chi connectivity index (χ0n) is 16.2. The van der Waals surface area contributed by atoms with Gasteiger partial charge in [0, 0.05) is 17.5 Å². The second kappa shape index (κ2) is 7.67. The number of hydrogen-bond acceptors (Lipinski definition) is 5. The average Bonchev–Trinajstić information content (AvgIpc) is 3.15. The molecule has 1 fully saturated rings. The van der Waals surface area contributed by atoms with E-state index in [1.807, 2.05) is 24.3 Å². The predicted octanol–water partition coefficient (Wildman–Crippen LogP) is 3.98. The lowest BCUT2D eigenvalue weighted by atomic mass is 9.97. The number of rotatable bonds is 2. The molecule has 5 rings (SSSR count). The van der Waals surface area contributed by atoms with Gasteiger partial charge in [0.05, 0.1) is 12.6 Å². The number of hydrazone groups is 1. The van der Waals surface area contributed by atoms with Gasteiger partial charge in [-0.05, 0) is 43.7 Å². The maximum atomic E-state index is 14.6. The Morgan fingerprint density at radius 2 is 2.10 bits per heavy atom. The molecule has 2 unspecified atom stereocenters. The number of nitrogens with one attached hydrogen (secondary N) is 1. The summed E-state index contributed by atoms with van der Waals surface area (Å²) in [6.07, 6.45) is 3.22. The Kier molecular flexibility index (Phi) is 4.99. The number of halogens is 2. The molecule has 2 aromatic rings. The van der Waals surface area contributed by atoms with Crippen LogP contribution in [0.4, 0.5) is 8.78 Å². The van der Waals surface area contributed by atoms with Gasteiger partial charge in [0.1, 0.15) is 27.3 Å². The summed E-state index contributed by atoms with van der Waals surface area (Å²) >= 11 is 1.29. The number of nitrogens with zero attached hydrogens (tertiary/aromatic N) is 2. The van der Waals surface area contributed by atoms with Gasteiger partial charge in [0.2, 0.25) is 0 Å². The van der Waals surface area contributed by atoms with E-state index < -0.39 is 16.5 Å². The van der Waals surface area contributed by atoms with Crippen LogP contribution in [0.5, 0.6) is 5.75 Å². The lowest BCUT2D eigenvalue weighted by Gasteiger charge is -2.41. The Bertz CT molecular complexity index is 1030. The number of fused-ring (bicyclic) bond motifs is 2. The molecule has 1 spiro atoms. The standard InChI is InChI=1S/C22H21F2N3O2S/c23-14-8-9-17(24)15(13-14)20-26-27(21(28)18-6-3-4-11-25-18)22(30-20)10-12-29-19-7-2-1-5-16(19)22/h1-2,5,7-9,13,18,25H,3-4,6,10-12H2. The van der Waals surface area contributed by atoms with E-state index in [0.29, 0.717) is 23.8 Å². The van der Waals surface area contributed by atoms with Crippen LogP contribution in [0.2, 0.25) is 0 Å². The van der Waals surface area contributed by atoms with Gasteiger partial charge in [0.25, 0.3) is 5.91 Å². The fourth-order valence-corrected chi connectivity index (χ4v) is 5.67. The summed E-state index contributed by atoms with van der Waals surface area (Å²) in [4.78, 5) is 12.7. The molecule has 156 valence electrons. The molecule has 3 aliphatic rings. The monoisotopic (exact) mass is 429 g/mol. The van der Waals surface area contributed by atoms with E-state index in [1.165, 1.54) is 16.8 Å². The highest BCUT2D eigenvalue weighted by molar-refractivity contribution is 8.15. The van der Waals surface area contributed by atoms with E-state index in [-0.39, 0.29) is 17.5 Å². The number of carbonyl (C=O) groups excluding carboxylic acids is 1. The highest BCUT2D eigenvalue weighted by Crippen LogP contribution is 2.54. The summed E-state index contributed by atoms with van der Waals surface area (Å²) in [5.74, 6) is -0.578. The topological polar surface area (TPSA) is 53.9 Å². The van der Waals surface area contributed by atoms with E-state index in [9.17, 15) is 13.6 Å². The van der Waals surface area contributed by atoms with Crippen molar-refractivity contribution in [1.29, 1.82) is 0 Å². The van der Waals surface area contributed by atoms with Crippen molar-refractivity contribution in [3.8, 4) is 5.75 Å². The molecule has 1 amide bonds. The van der Waals surface area contributed by atoms with E-state index >= 15 is 0 Å². The number of amides is 1. The molecule has 8 heteroatoms. The first-order chi connectivity index (χ1) is 14.6. The smallest absolute Gasteiger partial charge is 0.261 e. The highest BCUT2D eigenvalue weighted by Gasteiger charge is 2.53. The number of hydrogen-bond donors (Lipinski definition) is 1. The van der Waals surface area contributed by atoms with Crippen molar-refractivity contribution < 1.29 is 18.3 Å². The van der Waals surface area contributed by atoms with Crippen LogP contribution in [0.1, 0.15) is 36.8 Å². The van der Waals surface area contributed by atoms with Gasteiger partial charge >= 0.3 is 0 Å². The SMILES string of the molecule is O=C(C1CCCCN1)N1N=C(c2cc(F)ccc2F)SC12CCOc1ccccc12. The number of thioether (sulfide) groups is 1. The molecule has 1 saturated heterocycles. The number of ether oxygens (including phenoxy) is 1. The van der Waals surface area contributed by atoms with Crippen molar-refractivity contribution in [3.63, 3.8) is 0 Å². The molecule has 0 aromatic heterocycles. The maximum absolute atomic E-state index is 14.6. The molecule has 5 nitrogen and oxygen atoms in total. The molecule has 2 aromatic carbocycles. The molecular formula is C22H21F2N3O2S. The summed E-state index contributed by atoms with van der Waals surface area (Å²) < 4.78 is 34.2. The van der Waals surface area contributed by atoms with Crippen molar-refractivity contribution >= 4 is 22.7 Å². The minimum Gasteiger partial charge on any atom is -0.493 e. The molecule has 3 heterocycles. The largest absolute Gasteiger partial charge is 0.493 e. The van der Waals surface area contributed by atoms with Crippen LogP contribution in [0.15, 0.2) is 47.6 Å². The van der Waals surface area contributed by atoms with E-state index in [0.717, 1.165) is 49.6 Å². The first-order valence-corrected chi connectivity index (χ1v) is 10.9. The number of piperidine rings is 1. The minimum absolute atomic E-state index is 0.0650. The predicted molar refractivity (Wildman–Crippen MR) is 111 cm³/mol. The third-order valence-corrected chi connectivity index (χ3v) is 7.21. The first kappa shape index (κ1) is 19.5. The van der Waals surface area contributed by atoms with Gasteiger partial charge < -0.3 is 10.1 Å². The maximum Gasteiger partial charge on any atom is 0.261 e. The Morgan fingerprint density at radius 1 is 1.23 bits per heavy atom. The van der Waals surface area contributed by atoms with Crippen LogP contribution in [0, 0.1) is 11.6 Å². The summed E-state index contributed by atoms with van der Waals surface area (Å²) in [5, 5.41) is 9.64. The number of para-hydroxylation sites is 1. The van der Waals surface area contributed by atoms with Gasteiger partial charge in [-0.3, -0.25) is 4.79 Å². The minimum atomic E-state index is -0.848. The average molecular weight is 429 g/mol. The summed E-state index contributed by atoms with van der Waals surface area (Å²) in [6.45, 7) is 1.18. The number of benzene rings is 2. The summed E-state index contributed by atoms with van der Waals surface area (Å²) in [5.41, 5.74) is 0.885. The molecular weight excluding hydrogens is 408 g/mol. The van der Waals surface area contributed by atoms with Crippen LogP contribution in [-0.4, -0.2) is 35.2 Å². The zero-order valence-corrected chi connectivity index (χ0v) is 17.1.